The third-order valence-electron chi connectivity index (χ3n) is 3.44. The highest BCUT2D eigenvalue weighted by Gasteiger charge is 2.30. The Morgan fingerprint density at radius 3 is 3.20 bits per heavy atom. The molecule has 0 radical (unpaired) electrons. The Balaban J connectivity index is 1.73. The quantitative estimate of drug-likeness (QED) is 0.674. The predicted molar refractivity (Wildman–Crippen MR) is 73.1 cm³/mol. The molecule has 1 unspecified atom stereocenters. The van der Waals surface area contributed by atoms with Crippen molar-refractivity contribution in [3.05, 3.63) is 24.2 Å². The first kappa shape index (κ1) is 15.0. The van der Waals surface area contributed by atoms with Gasteiger partial charge in [0.15, 0.2) is 0 Å². The molecular formula is C14H22N2O4. The van der Waals surface area contributed by atoms with Gasteiger partial charge in [0.2, 0.25) is 5.91 Å². The number of amides is 1. The van der Waals surface area contributed by atoms with E-state index in [4.69, 9.17) is 14.3 Å². The van der Waals surface area contributed by atoms with Crippen molar-refractivity contribution in [2.24, 2.45) is 0 Å². The zero-order valence-electron chi connectivity index (χ0n) is 11.6. The molecule has 2 N–H and O–H groups in total. The van der Waals surface area contributed by atoms with Gasteiger partial charge in [-0.3, -0.25) is 9.69 Å². The van der Waals surface area contributed by atoms with E-state index in [1.807, 2.05) is 12.1 Å². The van der Waals surface area contributed by atoms with Crippen LogP contribution in [0, 0.1) is 0 Å². The summed E-state index contributed by atoms with van der Waals surface area (Å²) < 4.78 is 10.4. The Kier molecular flexibility index (Phi) is 6.04. The number of hydrogen-bond donors (Lipinski definition) is 2. The number of carbonyl (C=O) groups excluding carboxylic acids is 1. The predicted octanol–water partition coefficient (Wildman–Crippen LogP) is 0.369. The molecule has 112 valence electrons. The molecular weight excluding hydrogens is 260 g/mol. The topological polar surface area (TPSA) is 74.9 Å². The molecule has 1 fully saturated rings. The van der Waals surface area contributed by atoms with Crippen LogP contribution < -0.4 is 5.32 Å². The average Bonchev–Trinajstić information content (AvgIpc) is 3.12. The lowest BCUT2D eigenvalue weighted by Gasteiger charge is -2.23. The second-order valence-electron chi connectivity index (χ2n) is 4.83. The van der Waals surface area contributed by atoms with Crippen LogP contribution in [0.2, 0.25) is 0 Å². The molecule has 20 heavy (non-hydrogen) atoms. The van der Waals surface area contributed by atoms with Gasteiger partial charge in [0.05, 0.1) is 38.7 Å². The third kappa shape index (κ3) is 4.33. The number of nitrogens with zero attached hydrogens (tertiary/aromatic N) is 1. The molecule has 6 heteroatoms. The van der Waals surface area contributed by atoms with Gasteiger partial charge in [-0.1, -0.05) is 0 Å². The van der Waals surface area contributed by atoms with Crippen molar-refractivity contribution in [1.29, 1.82) is 0 Å². The maximum atomic E-state index is 12.2. The molecule has 0 spiro atoms. The van der Waals surface area contributed by atoms with E-state index in [2.05, 4.69) is 10.2 Å². The van der Waals surface area contributed by atoms with Crippen molar-refractivity contribution in [2.75, 3.05) is 32.9 Å². The first-order valence-corrected chi connectivity index (χ1v) is 7.04. The van der Waals surface area contributed by atoms with Crippen LogP contribution in [0.4, 0.5) is 0 Å². The molecule has 1 aliphatic rings. The zero-order chi connectivity index (χ0) is 14.2. The van der Waals surface area contributed by atoms with Crippen LogP contribution in [0.25, 0.3) is 0 Å². The van der Waals surface area contributed by atoms with Gasteiger partial charge < -0.3 is 19.6 Å². The molecule has 2 rings (SSSR count). The number of nitrogens with one attached hydrogen (secondary N) is 1. The Hall–Kier alpha value is -1.37. The maximum Gasteiger partial charge on any atom is 0.237 e. The normalized spacial score (nSPS) is 19.4. The fraction of sp³-hybridized carbons (Fsp3) is 0.643. The zero-order valence-corrected chi connectivity index (χ0v) is 11.6. The van der Waals surface area contributed by atoms with Crippen LogP contribution in [0.5, 0.6) is 0 Å². The molecule has 1 aromatic heterocycles. The number of likely N-dealkylation sites (tertiary alicyclic amines) is 1. The molecule has 6 nitrogen and oxygen atoms in total. The smallest absolute Gasteiger partial charge is 0.237 e. The second kappa shape index (κ2) is 8.04. The van der Waals surface area contributed by atoms with Crippen molar-refractivity contribution in [3.63, 3.8) is 0 Å². The van der Waals surface area contributed by atoms with Gasteiger partial charge in [0.1, 0.15) is 5.76 Å². The van der Waals surface area contributed by atoms with Crippen molar-refractivity contribution in [3.8, 4) is 0 Å². The van der Waals surface area contributed by atoms with Gasteiger partial charge in [-0.25, -0.2) is 0 Å². The number of hydrogen-bond acceptors (Lipinski definition) is 5. The Bertz CT molecular complexity index is 394. The van der Waals surface area contributed by atoms with Crippen molar-refractivity contribution >= 4 is 5.91 Å². The average molecular weight is 282 g/mol. The van der Waals surface area contributed by atoms with Crippen LogP contribution in [-0.4, -0.2) is 54.9 Å². The lowest BCUT2D eigenvalue weighted by molar-refractivity contribution is -0.125. The summed E-state index contributed by atoms with van der Waals surface area (Å²) >= 11 is 0. The minimum atomic E-state index is -0.0808. The number of aliphatic hydroxyl groups excluding tert-OH is 1. The molecule has 0 aromatic carbocycles. The van der Waals surface area contributed by atoms with E-state index in [1.165, 1.54) is 0 Å². The SMILES string of the molecule is O=C(NCc1ccco1)C1CCCN1CCOCCO. The number of rotatable bonds is 8. The van der Waals surface area contributed by atoms with Crippen LogP contribution in [-0.2, 0) is 16.1 Å². The monoisotopic (exact) mass is 282 g/mol. The second-order valence-corrected chi connectivity index (χ2v) is 4.83. The van der Waals surface area contributed by atoms with Crippen LogP contribution in [0.3, 0.4) is 0 Å². The standard InChI is InChI=1S/C14H22N2O4/c17-7-10-19-9-6-16-5-1-4-13(16)14(18)15-11-12-3-2-8-20-12/h2-3,8,13,17H,1,4-7,9-11H2,(H,15,18). The van der Waals surface area contributed by atoms with Crippen molar-refractivity contribution in [1.82, 2.24) is 10.2 Å². The van der Waals surface area contributed by atoms with E-state index >= 15 is 0 Å². The van der Waals surface area contributed by atoms with Gasteiger partial charge in [0, 0.05) is 6.54 Å². The molecule has 1 saturated heterocycles. The van der Waals surface area contributed by atoms with Crippen molar-refractivity contribution < 1.29 is 19.1 Å². The summed E-state index contributed by atoms with van der Waals surface area (Å²) in [6.45, 7) is 3.00. The number of carbonyl (C=O) groups is 1. The van der Waals surface area contributed by atoms with Crippen LogP contribution >= 0.6 is 0 Å². The lowest BCUT2D eigenvalue weighted by Crippen LogP contribution is -2.44. The summed E-state index contributed by atoms with van der Waals surface area (Å²) in [5.74, 6) is 0.801. The highest BCUT2D eigenvalue weighted by Crippen LogP contribution is 2.17. The van der Waals surface area contributed by atoms with Gasteiger partial charge >= 0.3 is 0 Å². The lowest BCUT2D eigenvalue weighted by atomic mass is 10.2. The van der Waals surface area contributed by atoms with Crippen molar-refractivity contribution in [2.45, 2.75) is 25.4 Å². The summed E-state index contributed by atoms with van der Waals surface area (Å²) in [7, 11) is 0. The first-order chi connectivity index (χ1) is 9.81. The molecule has 1 aromatic rings. The molecule has 0 saturated carbocycles. The number of furan rings is 1. The van der Waals surface area contributed by atoms with E-state index in [0.29, 0.717) is 19.8 Å². The maximum absolute atomic E-state index is 12.2. The molecule has 0 bridgehead atoms. The van der Waals surface area contributed by atoms with Gasteiger partial charge in [0.25, 0.3) is 0 Å². The Morgan fingerprint density at radius 1 is 1.55 bits per heavy atom. The van der Waals surface area contributed by atoms with E-state index in [1.54, 1.807) is 6.26 Å². The fourth-order valence-corrected chi connectivity index (χ4v) is 2.44. The van der Waals surface area contributed by atoms with Gasteiger partial charge in [-0.05, 0) is 31.5 Å². The summed E-state index contributed by atoms with van der Waals surface area (Å²) in [6, 6.07) is 3.57. The van der Waals surface area contributed by atoms with E-state index in [9.17, 15) is 4.79 Å². The summed E-state index contributed by atoms with van der Waals surface area (Å²) in [4.78, 5) is 14.3. The molecule has 2 heterocycles. The first-order valence-electron chi connectivity index (χ1n) is 7.04. The summed E-state index contributed by atoms with van der Waals surface area (Å²) in [5, 5.41) is 11.6. The fourth-order valence-electron chi connectivity index (χ4n) is 2.44. The van der Waals surface area contributed by atoms with E-state index in [-0.39, 0.29) is 18.6 Å². The third-order valence-corrected chi connectivity index (χ3v) is 3.44. The van der Waals surface area contributed by atoms with Crippen LogP contribution in [0.1, 0.15) is 18.6 Å². The minimum Gasteiger partial charge on any atom is -0.467 e. The minimum absolute atomic E-state index is 0.0348. The largest absolute Gasteiger partial charge is 0.467 e. The summed E-state index contributed by atoms with van der Waals surface area (Å²) in [6.07, 6.45) is 3.50. The van der Waals surface area contributed by atoms with E-state index in [0.717, 1.165) is 31.7 Å². The van der Waals surface area contributed by atoms with Gasteiger partial charge in [-0.15, -0.1) is 0 Å². The Morgan fingerprint density at radius 2 is 2.45 bits per heavy atom. The van der Waals surface area contributed by atoms with Crippen LogP contribution in [0.15, 0.2) is 22.8 Å². The molecule has 1 atom stereocenters. The van der Waals surface area contributed by atoms with E-state index < -0.39 is 0 Å². The number of aliphatic hydroxyl groups is 1. The molecule has 1 amide bonds. The Labute approximate surface area is 118 Å². The number of ether oxygens (including phenoxy) is 1. The molecule has 0 aliphatic carbocycles. The highest BCUT2D eigenvalue weighted by molar-refractivity contribution is 5.81. The van der Waals surface area contributed by atoms with Gasteiger partial charge in [-0.2, -0.15) is 0 Å². The summed E-state index contributed by atoms with van der Waals surface area (Å²) in [5.41, 5.74) is 0. The molecule has 1 aliphatic heterocycles. The highest BCUT2D eigenvalue weighted by atomic mass is 16.5.